The van der Waals surface area contributed by atoms with Crippen molar-refractivity contribution in [1.29, 1.82) is 5.26 Å². The Labute approximate surface area is 146 Å². The van der Waals surface area contributed by atoms with Crippen molar-refractivity contribution in [3.05, 3.63) is 46.9 Å². The van der Waals surface area contributed by atoms with E-state index in [1.165, 1.54) is 12.1 Å². The van der Waals surface area contributed by atoms with Crippen LogP contribution in [0.2, 0.25) is 0 Å². The summed E-state index contributed by atoms with van der Waals surface area (Å²) < 4.78 is 19.2. The maximum Gasteiger partial charge on any atom is 0.240 e. The maximum atomic E-state index is 13.9. The van der Waals surface area contributed by atoms with Crippen molar-refractivity contribution in [1.82, 2.24) is 19.9 Å². The van der Waals surface area contributed by atoms with Crippen LogP contribution in [-0.2, 0) is 13.1 Å². The third-order valence-electron chi connectivity index (χ3n) is 4.39. The van der Waals surface area contributed by atoms with Crippen molar-refractivity contribution in [3.8, 4) is 6.07 Å². The number of nitrogens with zero attached hydrogens (tertiary/aromatic N) is 5. The van der Waals surface area contributed by atoms with E-state index in [2.05, 4.69) is 26.0 Å². The summed E-state index contributed by atoms with van der Waals surface area (Å²) in [7, 11) is 0. The van der Waals surface area contributed by atoms with Crippen molar-refractivity contribution in [3.63, 3.8) is 0 Å². The Kier molecular flexibility index (Phi) is 5.41. The predicted molar refractivity (Wildman–Crippen MR) is 90.1 cm³/mol. The molecule has 0 unspecified atom stereocenters. The average Bonchev–Trinajstić information content (AvgIpc) is 3.07. The van der Waals surface area contributed by atoms with Gasteiger partial charge in [0.05, 0.1) is 18.2 Å². The molecule has 0 amide bonds. The van der Waals surface area contributed by atoms with E-state index in [1.54, 1.807) is 6.07 Å². The van der Waals surface area contributed by atoms with Crippen LogP contribution in [0.1, 0.15) is 42.6 Å². The smallest absolute Gasteiger partial charge is 0.240 e. The molecule has 1 aliphatic heterocycles. The summed E-state index contributed by atoms with van der Waals surface area (Å²) in [5.41, 5.74) is 1.07. The minimum Gasteiger partial charge on any atom is -0.338 e. The van der Waals surface area contributed by atoms with Gasteiger partial charge in [-0.1, -0.05) is 19.0 Å². The molecule has 0 saturated carbocycles. The monoisotopic (exact) mass is 343 g/mol. The molecule has 1 aromatic carbocycles. The molecule has 25 heavy (non-hydrogen) atoms. The number of halogens is 1. The Balaban J connectivity index is 1.52. The van der Waals surface area contributed by atoms with Gasteiger partial charge in [0, 0.05) is 44.2 Å². The average molecular weight is 343 g/mol. The fourth-order valence-corrected chi connectivity index (χ4v) is 2.87. The molecule has 0 bridgehead atoms. The molecule has 1 saturated heterocycles. The lowest BCUT2D eigenvalue weighted by Crippen LogP contribution is -2.45. The summed E-state index contributed by atoms with van der Waals surface area (Å²) in [6.45, 7) is 8.63. The molecule has 132 valence electrons. The van der Waals surface area contributed by atoms with Crippen LogP contribution in [0.4, 0.5) is 4.39 Å². The first-order valence-electron chi connectivity index (χ1n) is 8.51. The van der Waals surface area contributed by atoms with Gasteiger partial charge in [0.15, 0.2) is 5.82 Å². The quantitative estimate of drug-likeness (QED) is 0.831. The minimum absolute atomic E-state index is 0.256. The summed E-state index contributed by atoms with van der Waals surface area (Å²) in [6, 6.07) is 6.57. The Morgan fingerprint density at radius 3 is 2.48 bits per heavy atom. The molecule has 1 fully saturated rings. The van der Waals surface area contributed by atoms with E-state index in [4.69, 9.17) is 9.78 Å². The zero-order chi connectivity index (χ0) is 17.8. The number of benzene rings is 1. The standard InChI is InChI=1S/C18H22FN5O/c1-13(2)18-21-17(25-22-18)12-24-7-5-23(6-8-24)11-15-9-14(10-20)3-4-16(15)19/h3-4,9,13H,5-8,11-12H2,1-2H3. The van der Waals surface area contributed by atoms with Crippen molar-refractivity contribution in [2.45, 2.75) is 32.9 Å². The predicted octanol–water partition coefficient (Wildman–Crippen LogP) is 2.52. The third-order valence-corrected chi connectivity index (χ3v) is 4.39. The molecule has 6 nitrogen and oxygen atoms in total. The second kappa shape index (κ2) is 7.72. The van der Waals surface area contributed by atoms with E-state index < -0.39 is 0 Å². The van der Waals surface area contributed by atoms with Gasteiger partial charge >= 0.3 is 0 Å². The van der Waals surface area contributed by atoms with Gasteiger partial charge in [0.1, 0.15) is 5.82 Å². The van der Waals surface area contributed by atoms with Crippen LogP contribution in [0.15, 0.2) is 22.7 Å². The first kappa shape index (κ1) is 17.5. The number of aromatic nitrogens is 2. The van der Waals surface area contributed by atoms with Crippen LogP contribution in [0.3, 0.4) is 0 Å². The second-order valence-corrected chi connectivity index (χ2v) is 6.67. The van der Waals surface area contributed by atoms with Crippen LogP contribution in [0.25, 0.3) is 0 Å². The molecule has 7 heteroatoms. The van der Waals surface area contributed by atoms with Gasteiger partial charge in [-0.2, -0.15) is 10.2 Å². The number of nitriles is 1. The molecular weight excluding hydrogens is 321 g/mol. The Hall–Kier alpha value is -2.30. The molecule has 0 aliphatic carbocycles. The molecule has 2 heterocycles. The van der Waals surface area contributed by atoms with Gasteiger partial charge in [-0.3, -0.25) is 9.80 Å². The molecule has 2 aromatic rings. The molecule has 3 rings (SSSR count). The second-order valence-electron chi connectivity index (χ2n) is 6.67. The lowest BCUT2D eigenvalue weighted by atomic mass is 10.1. The van der Waals surface area contributed by atoms with E-state index in [0.717, 1.165) is 32.0 Å². The lowest BCUT2D eigenvalue weighted by molar-refractivity contribution is 0.111. The first-order chi connectivity index (χ1) is 12.0. The first-order valence-corrected chi connectivity index (χ1v) is 8.51. The largest absolute Gasteiger partial charge is 0.338 e. The molecule has 0 N–H and O–H groups in total. The van der Waals surface area contributed by atoms with Gasteiger partial charge in [0.2, 0.25) is 5.89 Å². The highest BCUT2D eigenvalue weighted by Gasteiger charge is 2.20. The van der Waals surface area contributed by atoms with Gasteiger partial charge in [-0.15, -0.1) is 0 Å². The number of hydrogen-bond acceptors (Lipinski definition) is 6. The van der Waals surface area contributed by atoms with Crippen molar-refractivity contribution < 1.29 is 8.91 Å². The van der Waals surface area contributed by atoms with Crippen LogP contribution in [-0.4, -0.2) is 46.1 Å². The summed E-state index contributed by atoms with van der Waals surface area (Å²) in [6.07, 6.45) is 0. The normalized spacial score (nSPS) is 16.3. The topological polar surface area (TPSA) is 69.2 Å². The van der Waals surface area contributed by atoms with Gasteiger partial charge in [-0.05, 0) is 18.2 Å². The van der Waals surface area contributed by atoms with E-state index in [1.807, 2.05) is 13.8 Å². The minimum atomic E-state index is -0.256. The van der Waals surface area contributed by atoms with Gasteiger partial charge in [-0.25, -0.2) is 4.39 Å². The number of hydrogen-bond donors (Lipinski definition) is 0. The zero-order valence-electron chi connectivity index (χ0n) is 14.6. The van der Waals surface area contributed by atoms with Crippen LogP contribution in [0.5, 0.6) is 0 Å². The number of piperazine rings is 1. The SMILES string of the molecule is CC(C)c1noc(CN2CCN(Cc3cc(C#N)ccc3F)CC2)n1. The highest BCUT2D eigenvalue weighted by molar-refractivity contribution is 5.33. The van der Waals surface area contributed by atoms with E-state index in [-0.39, 0.29) is 11.7 Å². The Bertz CT molecular complexity index is 759. The fraction of sp³-hybridized carbons (Fsp3) is 0.500. The highest BCUT2D eigenvalue weighted by Crippen LogP contribution is 2.16. The number of rotatable bonds is 5. The van der Waals surface area contributed by atoms with E-state index in [0.29, 0.717) is 30.1 Å². The third kappa shape index (κ3) is 4.41. The zero-order valence-corrected chi connectivity index (χ0v) is 14.6. The van der Waals surface area contributed by atoms with Crippen molar-refractivity contribution in [2.24, 2.45) is 0 Å². The molecular formula is C18H22FN5O. The lowest BCUT2D eigenvalue weighted by Gasteiger charge is -2.34. The molecule has 1 aromatic heterocycles. The van der Waals surface area contributed by atoms with Gasteiger partial charge in [0.25, 0.3) is 0 Å². The van der Waals surface area contributed by atoms with Crippen LogP contribution >= 0.6 is 0 Å². The van der Waals surface area contributed by atoms with Gasteiger partial charge < -0.3 is 4.52 Å². The van der Waals surface area contributed by atoms with Crippen molar-refractivity contribution in [2.75, 3.05) is 26.2 Å². The Morgan fingerprint density at radius 2 is 1.88 bits per heavy atom. The van der Waals surface area contributed by atoms with Crippen molar-refractivity contribution >= 4 is 0 Å². The van der Waals surface area contributed by atoms with E-state index >= 15 is 0 Å². The summed E-state index contributed by atoms with van der Waals surface area (Å²) in [4.78, 5) is 8.87. The summed E-state index contributed by atoms with van der Waals surface area (Å²) in [5, 5.41) is 12.9. The Morgan fingerprint density at radius 1 is 1.20 bits per heavy atom. The summed E-state index contributed by atoms with van der Waals surface area (Å²) in [5.74, 6) is 1.38. The summed E-state index contributed by atoms with van der Waals surface area (Å²) >= 11 is 0. The van der Waals surface area contributed by atoms with E-state index in [9.17, 15) is 4.39 Å². The highest BCUT2D eigenvalue weighted by atomic mass is 19.1. The molecule has 1 aliphatic rings. The van der Waals surface area contributed by atoms with Crippen LogP contribution < -0.4 is 0 Å². The molecule has 0 radical (unpaired) electrons. The van der Waals surface area contributed by atoms with Crippen LogP contribution in [0, 0.1) is 17.1 Å². The fourth-order valence-electron chi connectivity index (χ4n) is 2.87. The molecule has 0 spiro atoms. The molecule has 0 atom stereocenters. The maximum absolute atomic E-state index is 13.9.